The van der Waals surface area contributed by atoms with E-state index in [1.807, 2.05) is 0 Å². The number of aromatic nitrogens is 2. The fourth-order valence-electron chi connectivity index (χ4n) is 1.97. The Morgan fingerprint density at radius 1 is 1.22 bits per heavy atom. The molecule has 1 heterocycles. The lowest BCUT2D eigenvalue weighted by Crippen LogP contribution is -2.40. The predicted molar refractivity (Wildman–Crippen MR) is 74.1 cm³/mol. The van der Waals surface area contributed by atoms with E-state index in [9.17, 15) is 0 Å². The van der Waals surface area contributed by atoms with Crippen LogP contribution in [0.15, 0.2) is 12.4 Å². The van der Waals surface area contributed by atoms with Gasteiger partial charge in [0.15, 0.2) is 0 Å². The first-order chi connectivity index (χ1) is 8.54. The van der Waals surface area contributed by atoms with Gasteiger partial charge in [-0.1, -0.05) is 0 Å². The molecular formula is C13H24N4O. The normalized spacial score (nSPS) is 11.3. The minimum Gasteiger partial charge on any atom is -0.481 e. The summed E-state index contributed by atoms with van der Waals surface area (Å²) < 4.78 is 5.06. The van der Waals surface area contributed by atoms with Crippen LogP contribution in [0.5, 0.6) is 5.88 Å². The van der Waals surface area contributed by atoms with Crippen LogP contribution in [-0.4, -0.2) is 47.2 Å². The largest absolute Gasteiger partial charge is 0.481 e. The molecule has 102 valence electrons. The van der Waals surface area contributed by atoms with Crippen molar-refractivity contribution in [3.05, 3.63) is 12.4 Å². The van der Waals surface area contributed by atoms with Gasteiger partial charge in [0, 0.05) is 31.2 Å². The van der Waals surface area contributed by atoms with E-state index in [1.165, 1.54) is 6.33 Å². The SMILES string of the molecule is COc1cc(NCCN(C(C)C)C(C)C)ncn1. The van der Waals surface area contributed by atoms with Crippen LogP contribution in [0, 0.1) is 0 Å². The molecular weight excluding hydrogens is 228 g/mol. The van der Waals surface area contributed by atoms with Crippen molar-refractivity contribution in [2.24, 2.45) is 0 Å². The number of nitrogens with zero attached hydrogens (tertiary/aromatic N) is 3. The molecule has 5 heteroatoms. The Morgan fingerprint density at radius 3 is 2.44 bits per heavy atom. The lowest BCUT2D eigenvalue weighted by Gasteiger charge is -2.30. The molecule has 18 heavy (non-hydrogen) atoms. The molecule has 0 fully saturated rings. The van der Waals surface area contributed by atoms with Gasteiger partial charge >= 0.3 is 0 Å². The highest BCUT2D eigenvalue weighted by Crippen LogP contribution is 2.10. The van der Waals surface area contributed by atoms with E-state index in [4.69, 9.17) is 4.74 Å². The summed E-state index contributed by atoms with van der Waals surface area (Å²) in [6, 6.07) is 2.90. The highest BCUT2D eigenvalue weighted by atomic mass is 16.5. The molecule has 0 spiro atoms. The Morgan fingerprint density at radius 2 is 1.89 bits per heavy atom. The van der Waals surface area contributed by atoms with Crippen LogP contribution < -0.4 is 10.1 Å². The maximum atomic E-state index is 5.06. The Labute approximate surface area is 110 Å². The lowest BCUT2D eigenvalue weighted by atomic mass is 10.2. The van der Waals surface area contributed by atoms with Crippen molar-refractivity contribution in [3.63, 3.8) is 0 Å². The van der Waals surface area contributed by atoms with Crippen LogP contribution in [0.1, 0.15) is 27.7 Å². The van der Waals surface area contributed by atoms with Crippen LogP contribution in [-0.2, 0) is 0 Å². The van der Waals surface area contributed by atoms with E-state index in [-0.39, 0.29) is 0 Å². The van der Waals surface area contributed by atoms with E-state index in [2.05, 4.69) is 47.9 Å². The topological polar surface area (TPSA) is 50.3 Å². The number of hydrogen-bond acceptors (Lipinski definition) is 5. The molecule has 1 N–H and O–H groups in total. The quantitative estimate of drug-likeness (QED) is 0.804. The third-order valence-electron chi connectivity index (χ3n) is 2.85. The van der Waals surface area contributed by atoms with E-state index in [0.717, 1.165) is 18.9 Å². The van der Waals surface area contributed by atoms with Gasteiger partial charge in [-0.15, -0.1) is 0 Å². The Kier molecular flexibility index (Phi) is 5.85. The van der Waals surface area contributed by atoms with Gasteiger partial charge in [0.2, 0.25) is 5.88 Å². The summed E-state index contributed by atoms with van der Waals surface area (Å²) in [7, 11) is 1.60. The van der Waals surface area contributed by atoms with Gasteiger partial charge in [-0.25, -0.2) is 9.97 Å². The number of rotatable bonds is 7. The first-order valence-corrected chi connectivity index (χ1v) is 6.40. The van der Waals surface area contributed by atoms with Gasteiger partial charge in [0.05, 0.1) is 7.11 Å². The molecule has 0 aliphatic carbocycles. The van der Waals surface area contributed by atoms with Gasteiger partial charge in [0.1, 0.15) is 12.1 Å². The second-order valence-electron chi connectivity index (χ2n) is 4.80. The summed E-state index contributed by atoms with van der Waals surface area (Å²) in [6.45, 7) is 10.7. The van der Waals surface area contributed by atoms with Crippen LogP contribution in [0.3, 0.4) is 0 Å². The number of methoxy groups -OCH3 is 1. The number of ether oxygens (including phenoxy) is 1. The van der Waals surface area contributed by atoms with Crippen LogP contribution in [0.25, 0.3) is 0 Å². The Bertz CT molecular complexity index is 347. The first-order valence-electron chi connectivity index (χ1n) is 6.40. The van der Waals surface area contributed by atoms with Crippen molar-refractivity contribution in [2.45, 2.75) is 39.8 Å². The summed E-state index contributed by atoms with van der Waals surface area (Å²) in [5.41, 5.74) is 0. The second-order valence-corrected chi connectivity index (χ2v) is 4.80. The smallest absolute Gasteiger partial charge is 0.218 e. The minimum atomic E-state index is 0.548. The van der Waals surface area contributed by atoms with Crippen LogP contribution in [0.2, 0.25) is 0 Å². The van der Waals surface area contributed by atoms with Crippen molar-refractivity contribution in [2.75, 3.05) is 25.5 Å². The number of nitrogens with one attached hydrogen (secondary N) is 1. The molecule has 0 radical (unpaired) electrons. The molecule has 1 aromatic rings. The summed E-state index contributed by atoms with van der Waals surface area (Å²) >= 11 is 0. The highest BCUT2D eigenvalue weighted by molar-refractivity contribution is 5.36. The zero-order valence-corrected chi connectivity index (χ0v) is 12.0. The molecule has 0 bridgehead atoms. The molecule has 0 aliphatic rings. The fraction of sp³-hybridized carbons (Fsp3) is 0.692. The van der Waals surface area contributed by atoms with E-state index in [0.29, 0.717) is 18.0 Å². The number of hydrogen-bond donors (Lipinski definition) is 1. The zero-order valence-electron chi connectivity index (χ0n) is 12.0. The summed E-state index contributed by atoms with van der Waals surface area (Å²) in [5.74, 6) is 1.38. The van der Waals surface area contributed by atoms with Crippen molar-refractivity contribution < 1.29 is 4.74 Å². The number of anilines is 1. The van der Waals surface area contributed by atoms with E-state index < -0.39 is 0 Å². The molecule has 0 unspecified atom stereocenters. The fourth-order valence-corrected chi connectivity index (χ4v) is 1.97. The molecule has 0 saturated heterocycles. The molecule has 0 saturated carbocycles. The van der Waals surface area contributed by atoms with Gasteiger partial charge in [0.25, 0.3) is 0 Å². The van der Waals surface area contributed by atoms with Crippen molar-refractivity contribution in [3.8, 4) is 5.88 Å². The van der Waals surface area contributed by atoms with Crippen molar-refractivity contribution >= 4 is 5.82 Å². The van der Waals surface area contributed by atoms with Gasteiger partial charge in [-0.05, 0) is 27.7 Å². The predicted octanol–water partition coefficient (Wildman–Crippen LogP) is 2.02. The molecule has 0 aliphatic heterocycles. The maximum absolute atomic E-state index is 5.06. The molecule has 0 amide bonds. The summed E-state index contributed by atoms with van der Waals surface area (Å²) in [5, 5.41) is 3.29. The molecule has 5 nitrogen and oxygen atoms in total. The summed E-state index contributed by atoms with van der Waals surface area (Å²) in [4.78, 5) is 10.6. The Balaban J connectivity index is 2.44. The average Bonchev–Trinajstić information content (AvgIpc) is 2.34. The highest BCUT2D eigenvalue weighted by Gasteiger charge is 2.12. The van der Waals surface area contributed by atoms with Gasteiger partial charge < -0.3 is 10.1 Å². The molecule has 1 rings (SSSR count). The third-order valence-corrected chi connectivity index (χ3v) is 2.85. The molecule has 1 aromatic heterocycles. The van der Waals surface area contributed by atoms with E-state index in [1.54, 1.807) is 13.2 Å². The monoisotopic (exact) mass is 252 g/mol. The summed E-state index contributed by atoms with van der Waals surface area (Å²) in [6.07, 6.45) is 1.50. The van der Waals surface area contributed by atoms with Gasteiger partial charge in [-0.3, -0.25) is 4.90 Å². The average molecular weight is 252 g/mol. The van der Waals surface area contributed by atoms with E-state index >= 15 is 0 Å². The van der Waals surface area contributed by atoms with Crippen LogP contribution >= 0.6 is 0 Å². The van der Waals surface area contributed by atoms with Crippen molar-refractivity contribution in [1.29, 1.82) is 0 Å². The first kappa shape index (κ1) is 14.7. The maximum Gasteiger partial charge on any atom is 0.218 e. The zero-order chi connectivity index (χ0) is 13.5. The lowest BCUT2D eigenvalue weighted by molar-refractivity contribution is 0.182. The van der Waals surface area contributed by atoms with Gasteiger partial charge in [-0.2, -0.15) is 0 Å². The minimum absolute atomic E-state index is 0.548. The Hall–Kier alpha value is -1.36. The third kappa shape index (κ3) is 4.49. The molecule has 0 atom stereocenters. The second kappa shape index (κ2) is 7.16. The van der Waals surface area contributed by atoms with Crippen LogP contribution in [0.4, 0.5) is 5.82 Å². The standard InChI is InChI=1S/C13H24N4O/c1-10(2)17(11(3)4)7-6-14-12-8-13(18-5)16-9-15-12/h8-11H,6-7H2,1-5H3,(H,14,15,16). The molecule has 0 aromatic carbocycles. The van der Waals surface area contributed by atoms with Crippen molar-refractivity contribution in [1.82, 2.24) is 14.9 Å².